The van der Waals surface area contributed by atoms with Gasteiger partial charge in [0.25, 0.3) is 0 Å². The number of hydrogen-bond acceptors (Lipinski definition) is 6. The summed E-state index contributed by atoms with van der Waals surface area (Å²) >= 11 is 0. The quantitative estimate of drug-likeness (QED) is 0.335. The van der Waals surface area contributed by atoms with E-state index in [1.165, 1.54) is 12.1 Å². The normalized spacial score (nSPS) is 10.3. The van der Waals surface area contributed by atoms with Crippen molar-refractivity contribution in [3.05, 3.63) is 131 Å². The zero-order valence-electron chi connectivity index (χ0n) is 18.8. The Balaban J connectivity index is 0.000000240. The molecule has 35 heavy (non-hydrogen) atoms. The first-order valence-corrected chi connectivity index (χ1v) is 10.3. The van der Waals surface area contributed by atoms with Crippen LogP contribution in [0.1, 0.15) is 43.0 Å². The maximum absolute atomic E-state index is 10.7. The molecule has 0 fully saturated rings. The van der Waals surface area contributed by atoms with Crippen LogP contribution in [0.4, 0.5) is 0 Å². The van der Waals surface area contributed by atoms with E-state index in [1.54, 1.807) is 49.1 Å². The van der Waals surface area contributed by atoms with Crippen LogP contribution in [0.15, 0.2) is 97.6 Å². The number of aromatic carboxylic acids is 2. The van der Waals surface area contributed by atoms with Crippen LogP contribution in [0.25, 0.3) is 24.3 Å². The molecule has 4 rings (SSSR count). The van der Waals surface area contributed by atoms with Crippen molar-refractivity contribution < 1.29 is 47.1 Å². The molecule has 4 aromatic rings. The zero-order chi connectivity index (χ0) is 24.2. The molecule has 0 aliphatic rings. The number of aromatic nitrogens is 2. The van der Waals surface area contributed by atoms with Gasteiger partial charge in [0.05, 0.1) is 11.9 Å². The zero-order valence-corrected chi connectivity index (χ0v) is 22.8. The molecule has 0 unspecified atom stereocenters. The van der Waals surface area contributed by atoms with Gasteiger partial charge in [-0.1, -0.05) is 60.7 Å². The topological polar surface area (TPSA) is 106 Å². The SMILES string of the molecule is O=C([O-])c1cccc(/C=C/c2ccncc2)c1.O=C([O-])c1cccc(/C=C/c2ccncc2)c1.[Cd+2]. The summed E-state index contributed by atoms with van der Waals surface area (Å²) in [5.74, 6) is -2.33. The number of carboxylic acid groups (broad SMARTS) is 2. The maximum atomic E-state index is 10.7. The molecule has 0 atom stereocenters. The van der Waals surface area contributed by atoms with Gasteiger partial charge in [-0.25, -0.2) is 0 Å². The fraction of sp³-hybridized carbons (Fsp3) is 0. The van der Waals surface area contributed by atoms with Crippen molar-refractivity contribution in [1.82, 2.24) is 9.97 Å². The molecular formula is C28H20CdN2O4. The number of carbonyl (C=O) groups is 2. The van der Waals surface area contributed by atoms with Crippen LogP contribution >= 0.6 is 0 Å². The minimum atomic E-state index is -1.16. The van der Waals surface area contributed by atoms with E-state index in [-0.39, 0.29) is 38.4 Å². The number of carboxylic acids is 2. The number of pyridine rings is 2. The number of hydrogen-bond donors (Lipinski definition) is 0. The summed E-state index contributed by atoms with van der Waals surface area (Å²) in [7, 11) is 0. The number of nitrogens with zero attached hydrogens (tertiary/aromatic N) is 2. The standard InChI is InChI=1S/2C14H11NO2.Cd/c2*16-14(17)13-3-1-2-12(10-13)5-4-11-6-8-15-9-7-11;/h2*1-10H,(H,16,17);/q;;+2/p-2/b2*5-4+;. The van der Waals surface area contributed by atoms with E-state index in [2.05, 4.69) is 9.97 Å². The summed E-state index contributed by atoms with van der Waals surface area (Å²) in [4.78, 5) is 29.2. The van der Waals surface area contributed by atoms with Gasteiger partial charge in [-0.05, 0) is 69.8 Å². The first kappa shape index (κ1) is 27.3. The van der Waals surface area contributed by atoms with Crippen LogP contribution in [0.3, 0.4) is 0 Å². The molecule has 0 spiro atoms. The van der Waals surface area contributed by atoms with Crippen molar-refractivity contribution in [1.29, 1.82) is 0 Å². The van der Waals surface area contributed by atoms with Gasteiger partial charge < -0.3 is 19.8 Å². The van der Waals surface area contributed by atoms with Crippen LogP contribution in [0, 0.1) is 0 Å². The van der Waals surface area contributed by atoms with E-state index < -0.39 is 11.9 Å². The predicted octanol–water partition coefficient (Wildman–Crippen LogP) is 3.23. The molecule has 168 valence electrons. The van der Waals surface area contributed by atoms with Gasteiger partial charge in [0.1, 0.15) is 0 Å². The van der Waals surface area contributed by atoms with Gasteiger partial charge in [-0.15, -0.1) is 0 Å². The van der Waals surface area contributed by atoms with Crippen LogP contribution in [0.5, 0.6) is 0 Å². The molecule has 0 aliphatic carbocycles. The third-order valence-corrected chi connectivity index (χ3v) is 4.59. The first-order chi connectivity index (χ1) is 16.5. The second-order valence-electron chi connectivity index (χ2n) is 7.05. The Kier molecular flexibility index (Phi) is 11.2. The van der Waals surface area contributed by atoms with Crippen LogP contribution < -0.4 is 10.2 Å². The van der Waals surface area contributed by atoms with Crippen molar-refractivity contribution in [2.45, 2.75) is 0 Å². The molecule has 0 saturated carbocycles. The van der Waals surface area contributed by atoms with Crippen molar-refractivity contribution >= 4 is 36.2 Å². The molecule has 2 aromatic carbocycles. The Labute approximate surface area is 223 Å². The first-order valence-electron chi connectivity index (χ1n) is 10.3. The summed E-state index contributed by atoms with van der Waals surface area (Å²) in [6.07, 6.45) is 14.3. The molecule has 0 amide bonds. The summed E-state index contributed by atoms with van der Waals surface area (Å²) in [5.41, 5.74) is 4.04. The molecule has 2 heterocycles. The van der Waals surface area contributed by atoms with Crippen LogP contribution in [0.2, 0.25) is 0 Å². The average molecular weight is 561 g/mol. The van der Waals surface area contributed by atoms with Crippen molar-refractivity contribution in [2.75, 3.05) is 0 Å². The molecule has 0 saturated heterocycles. The Morgan fingerprint density at radius 1 is 0.543 bits per heavy atom. The number of benzene rings is 2. The maximum Gasteiger partial charge on any atom is 2.00 e. The smallest absolute Gasteiger partial charge is 0.545 e. The molecule has 6 nitrogen and oxygen atoms in total. The second kappa shape index (κ2) is 14.4. The predicted molar refractivity (Wildman–Crippen MR) is 128 cm³/mol. The van der Waals surface area contributed by atoms with Crippen LogP contribution in [-0.4, -0.2) is 21.9 Å². The third kappa shape index (κ3) is 9.46. The van der Waals surface area contributed by atoms with E-state index >= 15 is 0 Å². The van der Waals surface area contributed by atoms with E-state index in [9.17, 15) is 19.8 Å². The van der Waals surface area contributed by atoms with E-state index in [0.717, 1.165) is 22.3 Å². The van der Waals surface area contributed by atoms with Gasteiger partial charge in [-0.2, -0.15) is 0 Å². The Morgan fingerprint density at radius 2 is 0.886 bits per heavy atom. The largest absolute Gasteiger partial charge is 2.00 e. The van der Waals surface area contributed by atoms with Crippen molar-refractivity contribution in [3.8, 4) is 0 Å². The molecular weight excluding hydrogens is 541 g/mol. The molecule has 0 aliphatic heterocycles. The van der Waals surface area contributed by atoms with Gasteiger partial charge >= 0.3 is 27.3 Å². The summed E-state index contributed by atoms with van der Waals surface area (Å²) in [6.45, 7) is 0. The van der Waals surface area contributed by atoms with Crippen LogP contribution in [-0.2, 0) is 27.3 Å². The molecule has 0 bridgehead atoms. The fourth-order valence-corrected chi connectivity index (χ4v) is 2.87. The summed E-state index contributed by atoms with van der Waals surface area (Å²) < 4.78 is 0. The number of rotatable bonds is 6. The minimum Gasteiger partial charge on any atom is -0.545 e. The monoisotopic (exact) mass is 562 g/mol. The average Bonchev–Trinajstić information content (AvgIpc) is 2.88. The van der Waals surface area contributed by atoms with E-state index in [0.29, 0.717) is 0 Å². The second-order valence-corrected chi connectivity index (χ2v) is 7.05. The minimum absolute atomic E-state index is 0. The van der Waals surface area contributed by atoms with E-state index in [4.69, 9.17) is 0 Å². The Hall–Kier alpha value is -3.92. The number of carbonyl (C=O) groups excluding carboxylic acids is 2. The van der Waals surface area contributed by atoms with E-state index in [1.807, 2.05) is 60.7 Å². The van der Waals surface area contributed by atoms with Gasteiger partial charge in [0.15, 0.2) is 0 Å². The Bertz CT molecular complexity index is 1200. The van der Waals surface area contributed by atoms with Gasteiger partial charge in [0, 0.05) is 24.8 Å². The summed E-state index contributed by atoms with van der Waals surface area (Å²) in [6, 6.07) is 20.7. The fourth-order valence-electron chi connectivity index (χ4n) is 2.87. The van der Waals surface area contributed by atoms with Gasteiger partial charge in [-0.3, -0.25) is 9.97 Å². The molecule has 7 heteroatoms. The van der Waals surface area contributed by atoms with Crippen molar-refractivity contribution in [3.63, 3.8) is 0 Å². The molecule has 0 N–H and O–H groups in total. The molecule has 0 radical (unpaired) electrons. The summed E-state index contributed by atoms with van der Waals surface area (Å²) in [5, 5.41) is 21.4. The Morgan fingerprint density at radius 3 is 1.23 bits per heavy atom. The van der Waals surface area contributed by atoms with Gasteiger partial charge in [0.2, 0.25) is 0 Å². The molecule has 2 aromatic heterocycles. The third-order valence-electron chi connectivity index (χ3n) is 4.59. The van der Waals surface area contributed by atoms with Crippen molar-refractivity contribution in [2.24, 2.45) is 0 Å².